The number of rotatable bonds is 4. The summed E-state index contributed by atoms with van der Waals surface area (Å²) in [6.07, 6.45) is 0.885. The Bertz CT molecular complexity index is 658. The van der Waals surface area contributed by atoms with Gasteiger partial charge in [-0.15, -0.1) is 0 Å². The van der Waals surface area contributed by atoms with Gasteiger partial charge in [0, 0.05) is 12.2 Å². The Kier molecular flexibility index (Phi) is 4.23. The number of nitrogens with one attached hydrogen (secondary N) is 1. The molecule has 1 aliphatic rings. The van der Waals surface area contributed by atoms with Crippen molar-refractivity contribution in [2.75, 3.05) is 24.6 Å². The van der Waals surface area contributed by atoms with Gasteiger partial charge >= 0.3 is 6.03 Å². The first-order valence-corrected chi connectivity index (χ1v) is 7.26. The van der Waals surface area contributed by atoms with Crippen LogP contribution in [-0.2, 0) is 6.42 Å². The van der Waals surface area contributed by atoms with E-state index >= 15 is 0 Å². The molecule has 5 heteroatoms. The summed E-state index contributed by atoms with van der Waals surface area (Å²) in [6, 6.07) is 13.6. The Morgan fingerprint density at radius 3 is 2.77 bits per heavy atom. The molecule has 0 atom stereocenters. The van der Waals surface area contributed by atoms with Crippen molar-refractivity contribution in [2.45, 2.75) is 6.42 Å². The minimum absolute atomic E-state index is 0.118. The Hall–Kier alpha value is -2.56. The number of hydrogen-bond donors (Lipinski definition) is 1. The van der Waals surface area contributed by atoms with E-state index in [4.69, 9.17) is 4.74 Å². The molecule has 1 heterocycles. The highest BCUT2D eigenvalue weighted by Gasteiger charge is 2.23. The molecule has 0 radical (unpaired) electrons. The number of carbonyl (C=O) groups is 1. The molecule has 0 saturated heterocycles. The molecule has 1 aliphatic heterocycles. The van der Waals surface area contributed by atoms with Gasteiger partial charge in [0.05, 0.1) is 6.54 Å². The third kappa shape index (κ3) is 3.19. The number of hydrogen-bond acceptors (Lipinski definition) is 2. The van der Waals surface area contributed by atoms with Crippen molar-refractivity contribution in [2.24, 2.45) is 0 Å². The predicted molar refractivity (Wildman–Crippen MR) is 82.8 cm³/mol. The van der Waals surface area contributed by atoms with E-state index in [9.17, 15) is 9.18 Å². The van der Waals surface area contributed by atoms with Crippen LogP contribution in [0.3, 0.4) is 0 Å². The first-order valence-electron chi connectivity index (χ1n) is 7.26. The molecular weight excluding hydrogens is 283 g/mol. The average Bonchev–Trinajstić information content (AvgIpc) is 2.97. The number of fused-ring (bicyclic) bond motifs is 1. The van der Waals surface area contributed by atoms with Crippen molar-refractivity contribution in [1.82, 2.24) is 5.32 Å². The van der Waals surface area contributed by atoms with Crippen LogP contribution in [0.5, 0.6) is 5.75 Å². The number of benzene rings is 2. The monoisotopic (exact) mass is 300 g/mol. The highest BCUT2D eigenvalue weighted by Crippen LogP contribution is 2.27. The molecule has 2 aromatic rings. The lowest BCUT2D eigenvalue weighted by Crippen LogP contribution is -2.40. The van der Waals surface area contributed by atoms with Gasteiger partial charge in [-0.1, -0.05) is 18.2 Å². The summed E-state index contributed by atoms with van der Waals surface area (Å²) in [5.74, 6) is 0.288. The van der Waals surface area contributed by atoms with Crippen molar-refractivity contribution in [3.63, 3.8) is 0 Å². The van der Waals surface area contributed by atoms with E-state index in [1.54, 1.807) is 17.0 Å². The zero-order valence-electron chi connectivity index (χ0n) is 12.1. The molecule has 2 amide bonds. The van der Waals surface area contributed by atoms with Crippen molar-refractivity contribution >= 4 is 11.7 Å². The summed E-state index contributed by atoms with van der Waals surface area (Å²) in [4.78, 5) is 13.9. The quantitative estimate of drug-likeness (QED) is 0.882. The number of amides is 2. The fraction of sp³-hybridized carbons (Fsp3) is 0.235. The number of urea groups is 1. The minimum atomic E-state index is -0.298. The second-order valence-corrected chi connectivity index (χ2v) is 5.06. The van der Waals surface area contributed by atoms with Crippen LogP contribution in [0.2, 0.25) is 0 Å². The molecule has 0 bridgehead atoms. The van der Waals surface area contributed by atoms with Gasteiger partial charge < -0.3 is 10.1 Å². The van der Waals surface area contributed by atoms with Crippen LogP contribution in [0.25, 0.3) is 0 Å². The number of ether oxygens (including phenoxy) is 1. The Morgan fingerprint density at radius 2 is 1.95 bits per heavy atom. The topological polar surface area (TPSA) is 41.6 Å². The summed E-state index contributed by atoms with van der Waals surface area (Å²) >= 11 is 0. The lowest BCUT2D eigenvalue weighted by molar-refractivity contribution is 0.242. The second-order valence-electron chi connectivity index (χ2n) is 5.06. The molecule has 0 aromatic heterocycles. The van der Waals surface area contributed by atoms with Crippen LogP contribution in [0.15, 0.2) is 48.5 Å². The van der Waals surface area contributed by atoms with Crippen LogP contribution in [-0.4, -0.2) is 25.7 Å². The fourth-order valence-electron chi connectivity index (χ4n) is 2.50. The molecule has 0 spiro atoms. The third-order valence-electron chi connectivity index (χ3n) is 3.59. The maximum Gasteiger partial charge on any atom is 0.322 e. The zero-order valence-corrected chi connectivity index (χ0v) is 12.1. The van der Waals surface area contributed by atoms with Crippen molar-refractivity contribution in [1.29, 1.82) is 0 Å². The molecule has 2 aromatic carbocycles. The van der Waals surface area contributed by atoms with E-state index in [-0.39, 0.29) is 11.8 Å². The molecule has 1 N–H and O–H groups in total. The van der Waals surface area contributed by atoms with Gasteiger partial charge in [0.25, 0.3) is 0 Å². The largest absolute Gasteiger partial charge is 0.492 e. The van der Waals surface area contributed by atoms with Crippen LogP contribution >= 0.6 is 0 Å². The third-order valence-corrected chi connectivity index (χ3v) is 3.59. The smallest absolute Gasteiger partial charge is 0.322 e. The Labute approximate surface area is 128 Å². The van der Waals surface area contributed by atoms with E-state index < -0.39 is 0 Å². The lowest BCUT2D eigenvalue weighted by atomic mass is 10.2. The maximum atomic E-state index is 12.8. The normalized spacial score (nSPS) is 12.9. The van der Waals surface area contributed by atoms with Crippen molar-refractivity contribution in [3.8, 4) is 5.75 Å². The minimum Gasteiger partial charge on any atom is -0.492 e. The number of para-hydroxylation sites is 1. The SMILES string of the molecule is O=C(NCCOc1ccc(F)cc1)N1CCc2ccccc21. The standard InChI is InChI=1S/C17H17FN2O2/c18-14-5-7-15(8-6-14)22-12-10-19-17(21)20-11-9-13-3-1-2-4-16(13)20/h1-8H,9-12H2,(H,19,21). The van der Waals surface area contributed by atoms with E-state index in [2.05, 4.69) is 5.32 Å². The maximum absolute atomic E-state index is 12.8. The van der Waals surface area contributed by atoms with E-state index in [1.807, 2.05) is 24.3 Å². The highest BCUT2D eigenvalue weighted by molar-refractivity contribution is 5.94. The van der Waals surface area contributed by atoms with Crippen LogP contribution in [0, 0.1) is 5.82 Å². The van der Waals surface area contributed by atoms with E-state index in [0.717, 1.165) is 12.1 Å². The van der Waals surface area contributed by atoms with E-state index in [0.29, 0.717) is 25.4 Å². The molecule has 0 fully saturated rings. The lowest BCUT2D eigenvalue weighted by Gasteiger charge is -2.18. The molecule has 3 rings (SSSR count). The summed E-state index contributed by atoms with van der Waals surface area (Å²) in [6.45, 7) is 1.44. The summed E-state index contributed by atoms with van der Waals surface area (Å²) in [7, 11) is 0. The Morgan fingerprint density at radius 1 is 1.18 bits per heavy atom. The van der Waals surface area contributed by atoms with Crippen LogP contribution in [0.4, 0.5) is 14.9 Å². The van der Waals surface area contributed by atoms with Crippen LogP contribution in [0.1, 0.15) is 5.56 Å². The molecule has 4 nitrogen and oxygen atoms in total. The number of halogens is 1. The second kappa shape index (κ2) is 6.47. The highest BCUT2D eigenvalue weighted by atomic mass is 19.1. The van der Waals surface area contributed by atoms with Crippen molar-refractivity contribution in [3.05, 3.63) is 59.9 Å². The molecule has 114 valence electrons. The van der Waals surface area contributed by atoms with Gasteiger partial charge in [0.15, 0.2) is 0 Å². The predicted octanol–water partition coefficient (Wildman–Crippen LogP) is 2.98. The summed E-state index contributed by atoms with van der Waals surface area (Å²) < 4.78 is 18.2. The van der Waals surface area contributed by atoms with E-state index in [1.165, 1.54) is 17.7 Å². The summed E-state index contributed by atoms with van der Waals surface area (Å²) in [5.41, 5.74) is 2.17. The van der Waals surface area contributed by atoms with Gasteiger partial charge in [0.1, 0.15) is 18.2 Å². The number of carbonyl (C=O) groups excluding carboxylic acids is 1. The van der Waals surface area contributed by atoms with Gasteiger partial charge in [0.2, 0.25) is 0 Å². The fourth-order valence-corrected chi connectivity index (χ4v) is 2.50. The van der Waals surface area contributed by atoms with Crippen molar-refractivity contribution < 1.29 is 13.9 Å². The molecule has 0 aliphatic carbocycles. The Balaban J connectivity index is 1.46. The first kappa shape index (κ1) is 14.4. The summed E-state index contributed by atoms with van der Waals surface area (Å²) in [5, 5.41) is 2.84. The number of nitrogens with zero attached hydrogens (tertiary/aromatic N) is 1. The average molecular weight is 300 g/mol. The first-order chi connectivity index (χ1) is 10.7. The zero-order chi connectivity index (χ0) is 15.4. The van der Waals surface area contributed by atoms with Gasteiger partial charge in [-0.05, 0) is 42.3 Å². The molecule has 22 heavy (non-hydrogen) atoms. The number of anilines is 1. The van der Waals surface area contributed by atoms with Gasteiger partial charge in [-0.25, -0.2) is 9.18 Å². The van der Waals surface area contributed by atoms with Gasteiger partial charge in [-0.3, -0.25) is 4.90 Å². The van der Waals surface area contributed by atoms with Gasteiger partial charge in [-0.2, -0.15) is 0 Å². The molecule has 0 unspecified atom stereocenters. The molecule has 0 saturated carbocycles. The molecular formula is C17H17FN2O2. The van der Waals surface area contributed by atoms with Crippen LogP contribution < -0.4 is 15.0 Å².